The van der Waals surface area contributed by atoms with Gasteiger partial charge in [0.25, 0.3) is 0 Å². The fourth-order valence-corrected chi connectivity index (χ4v) is 5.14. The molecule has 0 radical (unpaired) electrons. The number of imidazole rings is 1. The molecule has 142 valence electrons. The molecule has 4 rings (SSSR count). The standard InChI is InChI=1S/C18H25N3O4S/c22-26(23,21-9-2-3-10-21)14-12-20-11-8-19-18(20)17-7-6-16(25-17)15-5-1-4-13-24-15/h6-8,11,15H,1-5,9-10,12-14H2. The van der Waals surface area contributed by atoms with Gasteiger partial charge in [-0.05, 0) is 44.2 Å². The Balaban J connectivity index is 1.46. The van der Waals surface area contributed by atoms with Crippen molar-refractivity contribution in [1.82, 2.24) is 13.9 Å². The Labute approximate surface area is 154 Å². The largest absolute Gasteiger partial charge is 0.455 e. The smallest absolute Gasteiger partial charge is 0.215 e. The zero-order valence-corrected chi connectivity index (χ0v) is 15.7. The van der Waals surface area contributed by atoms with Crippen LogP contribution < -0.4 is 0 Å². The molecule has 0 saturated carbocycles. The zero-order valence-electron chi connectivity index (χ0n) is 14.8. The van der Waals surface area contributed by atoms with Crippen molar-refractivity contribution in [2.45, 2.75) is 44.8 Å². The molecule has 0 amide bonds. The molecule has 2 saturated heterocycles. The second-order valence-electron chi connectivity index (χ2n) is 6.92. The average molecular weight is 379 g/mol. The lowest BCUT2D eigenvalue weighted by molar-refractivity contribution is 0.00218. The van der Waals surface area contributed by atoms with Gasteiger partial charge in [0.05, 0.1) is 5.75 Å². The van der Waals surface area contributed by atoms with Crippen LogP contribution in [0.25, 0.3) is 11.6 Å². The number of aryl methyl sites for hydroxylation is 1. The van der Waals surface area contributed by atoms with Crippen molar-refractivity contribution < 1.29 is 17.6 Å². The van der Waals surface area contributed by atoms with Crippen molar-refractivity contribution in [1.29, 1.82) is 0 Å². The van der Waals surface area contributed by atoms with E-state index in [-0.39, 0.29) is 11.9 Å². The van der Waals surface area contributed by atoms with E-state index >= 15 is 0 Å². The van der Waals surface area contributed by atoms with E-state index in [1.807, 2.05) is 16.7 Å². The van der Waals surface area contributed by atoms with E-state index < -0.39 is 10.0 Å². The average Bonchev–Trinajstić information content (AvgIpc) is 3.42. The minimum Gasteiger partial charge on any atom is -0.455 e. The highest BCUT2D eigenvalue weighted by Gasteiger charge is 2.26. The molecule has 4 heterocycles. The number of ether oxygens (including phenoxy) is 1. The Bertz CT molecular complexity index is 830. The Morgan fingerprint density at radius 2 is 2.00 bits per heavy atom. The second-order valence-corrected chi connectivity index (χ2v) is 9.01. The molecule has 1 unspecified atom stereocenters. The van der Waals surface area contributed by atoms with E-state index in [9.17, 15) is 8.42 Å². The maximum atomic E-state index is 12.4. The molecule has 0 aliphatic carbocycles. The molecule has 1 atom stereocenters. The molecule has 2 aromatic rings. The molecule has 0 bridgehead atoms. The first-order valence-corrected chi connectivity index (χ1v) is 10.9. The maximum Gasteiger partial charge on any atom is 0.215 e. The monoisotopic (exact) mass is 379 g/mol. The first-order valence-electron chi connectivity index (χ1n) is 9.34. The molecule has 0 N–H and O–H groups in total. The highest BCUT2D eigenvalue weighted by atomic mass is 32.2. The summed E-state index contributed by atoms with van der Waals surface area (Å²) in [6.07, 6.45) is 8.60. The van der Waals surface area contributed by atoms with Gasteiger partial charge in [-0.15, -0.1) is 0 Å². The summed E-state index contributed by atoms with van der Waals surface area (Å²) in [5.41, 5.74) is 0. The number of aromatic nitrogens is 2. The van der Waals surface area contributed by atoms with Gasteiger partial charge in [-0.25, -0.2) is 17.7 Å². The van der Waals surface area contributed by atoms with E-state index in [4.69, 9.17) is 9.15 Å². The quantitative estimate of drug-likeness (QED) is 0.771. The van der Waals surface area contributed by atoms with Crippen molar-refractivity contribution in [3.8, 4) is 11.6 Å². The predicted molar refractivity (Wildman–Crippen MR) is 97.1 cm³/mol. The lowest BCUT2D eigenvalue weighted by Crippen LogP contribution is -2.31. The van der Waals surface area contributed by atoms with Gasteiger partial charge in [-0.1, -0.05) is 0 Å². The third-order valence-corrected chi connectivity index (χ3v) is 6.96. The van der Waals surface area contributed by atoms with Crippen molar-refractivity contribution >= 4 is 10.0 Å². The minimum absolute atomic E-state index is 0.0106. The normalized spacial score (nSPS) is 22.1. The van der Waals surface area contributed by atoms with Crippen LogP contribution in [-0.2, 0) is 21.3 Å². The van der Waals surface area contributed by atoms with Crippen LogP contribution in [0, 0.1) is 0 Å². The van der Waals surface area contributed by atoms with E-state index in [0.717, 1.165) is 44.5 Å². The van der Waals surface area contributed by atoms with Gasteiger partial charge in [-0.2, -0.15) is 0 Å². The van der Waals surface area contributed by atoms with Crippen LogP contribution in [0.4, 0.5) is 0 Å². The van der Waals surface area contributed by atoms with Gasteiger partial charge < -0.3 is 13.7 Å². The molecule has 8 heteroatoms. The highest BCUT2D eigenvalue weighted by molar-refractivity contribution is 7.89. The van der Waals surface area contributed by atoms with Gasteiger partial charge in [0, 0.05) is 38.6 Å². The van der Waals surface area contributed by atoms with Crippen LogP contribution in [0.15, 0.2) is 28.9 Å². The SMILES string of the molecule is O=S(=O)(CCn1ccnc1-c1ccc(C2CCCCO2)o1)N1CCCC1. The number of rotatable bonds is 6. The van der Waals surface area contributed by atoms with Crippen LogP contribution in [0.3, 0.4) is 0 Å². The third-order valence-electron chi connectivity index (χ3n) is 5.11. The Kier molecular flexibility index (Phi) is 5.15. The number of hydrogen-bond donors (Lipinski definition) is 0. The molecule has 0 spiro atoms. The number of nitrogens with zero attached hydrogens (tertiary/aromatic N) is 3. The Morgan fingerprint density at radius 3 is 2.77 bits per heavy atom. The second kappa shape index (κ2) is 7.54. The van der Waals surface area contributed by atoms with Crippen molar-refractivity contribution in [3.63, 3.8) is 0 Å². The van der Waals surface area contributed by atoms with Crippen LogP contribution in [0.5, 0.6) is 0 Å². The molecular weight excluding hydrogens is 354 g/mol. The Hall–Kier alpha value is -1.64. The van der Waals surface area contributed by atoms with Gasteiger partial charge in [-0.3, -0.25) is 0 Å². The first kappa shape index (κ1) is 17.8. The van der Waals surface area contributed by atoms with Crippen LogP contribution >= 0.6 is 0 Å². The minimum atomic E-state index is -3.21. The summed E-state index contributed by atoms with van der Waals surface area (Å²) in [4.78, 5) is 4.36. The van der Waals surface area contributed by atoms with E-state index in [0.29, 0.717) is 31.2 Å². The number of hydrogen-bond acceptors (Lipinski definition) is 5. The molecule has 26 heavy (non-hydrogen) atoms. The topological polar surface area (TPSA) is 77.6 Å². The van der Waals surface area contributed by atoms with Crippen molar-refractivity contribution in [3.05, 3.63) is 30.3 Å². The van der Waals surface area contributed by atoms with Crippen LogP contribution in [-0.4, -0.2) is 47.7 Å². The van der Waals surface area contributed by atoms with Gasteiger partial charge in [0.15, 0.2) is 11.6 Å². The summed E-state index contributed by atoms with van der Waals surface area (Å²) >= 11 is 0. The zero-order chi connectivity index (χ0) is 18.0. The molecule has 2 fully saturated rings. The fourth-order valence-electron chi connectivity index (χ4n) is 3.64. The van der Waals surface area contributed by atoms with E-state index in [1.165, 1.54) is 0 Å². The van der Waals surface area contributed by atoms with Gasteiger partial charge in [0.2, 0.25) is 10.0 Å². The van der Waals surface area contributed by atoms with Crippen LogP contribution in [0.2, 0.25) is 0 Å². The fraction of sp³-hybridized carbons (Fsp3) is 0.611. The summed E-state index contributed by atoms with van der Waals surface area (Å²) in [7, 11) is -3.21. The summed E-state index contributed by atoms with van der Waals surface area (Å²) in [6.45, 7) is 2.41. The molecular formula is C18H25N3O4S. The lowest BCUT2D eigenvalue weighted by Gasteiger charge is -2.20. The maximum absolute atomic E-state index is 12.4. The Morgan fingerprint density at radius 1 is 1.15 bits per heavy atom. The van der Waals surface area contributed by atoms with E-state index in [1.54, 1.807) is 16.7 Å². The summed E-state index contributed by atoms with van der Waals surface area (Å²) in [5, 5.41) is 0. The highest BCUT2D eigenvalue weighted by Crippen LogP contribution is 2.31. The third kappa shape index (κ3) is 3.72. The molecule has 2 aliphatic heterocycles. The predicted octanol–water partition coefficient (Wildman–Crippen LogP) is 2.81. The van der Waals surface area contributed by atoms with Gasteiger partial charge >= 0.3 is 0 Å². The van der Waals surface area contributed by atoms with Crippen LogP contribution in [0.1, 0.15) is 44.0 Å². The number of furan rings is 1. The summed E-state index contributed by atoms with van der Waals surface area (Å²) in [5.74, 6) is 2.20. The van der Waals surface area contributed by atoms with E-state index in [2.05, 4.69) is 4.98 Å². The molecule has 2 aliphatic rings. The van der Waals surface area contributed by atoms with Crippen molar-refractivity contribution in [2.24, 2.45) is 0 Å². The lowest BCUT2D eigenvalue weighted by atomic mass is 10.1. The summed E-state index contributed by atoms with van der Waals surface area (Å²) in [6, 6.07) is 3.83. The van der Waals surface area contributed by atoms with Gasteiger partial charge in [0.1, 0.15) is 11.9 Å². The summed E-state index contributed by atoms with van der Waals surface area (Å²) < 4.78 is 40.1. The number of sulfonamides is 1. The first-order chi connectivity index (χ1) is 12.6. The molecule has 7 nitrogen and oxygen atoms in total. The van der Waals surface area contributed by atoms with Crippen molar-refractivity contribution in [2.75, 3.05) is 25.4 Å². The molecule has 0 aromatic carbocycles. The molecule has 2 aromatic heterocycles.